The van der Waals surface area contributed by atoms with Crippen molar-refractivity contribution < 1.29 is 9.32 Å². The van der Waals surface area contributed by atoms with Crippen molar-refractivity contribution in [3.63, 3.8) is 0 Å². The third-order valence-electron chi connectivity index (χ3n) is 5.56. The monoisotopic (exact) mass is 391 g/mol. The number of aryl methyl sites for hydroxylation is 2. The van der Waals surface area contributed by atoms with E-state index in [4.69, 9.17) is 4.52 Å². The van der Waals surface area contributed by atoms with Crippen LogP contribution in [0.15, 0.2) is 41.4 Å². The first kappa shape index (κ1) is 19.2. The van der Waals surface area contributed by atoms with Crippen molar-refractivity contribution in [3.05, 3.63) is 59.6 Å². The molecule has 7 heteroatoms. The number of pyridine rings is 1. The number of rotatable bonds is 5. The molecule has 3 aromatic rings. The van der Waals surface area contributed by atoms with Gasteiger partial charge in [0.25, 0.3) is 0 Å². The number of carbonyl (C=O) groups excluding carboxylic acids is 1. The van der Waals surface area contributed by atoms with Crippen LogP contribution in [-0.4, -0.2) is 44.0 Å². The maximum atomic E-state index is 12.5. The lowest BCUT2D eigenvalue weighted by Crippen LogP contribution is -2.39. The Bertz CT molecular complexity index is 958. The van der Waals surface area contributed by atoms with E-state index in [1.165, 1.54) is 0 Å². The summed E-state index contributed by atoms with van der Waals surface area (Å²) in [4.78, 5) is 27.5. The van der Waals surface area contributed by atoms with Gasteiger partial charge in [-0.25, -0.2) is 9.97 Å². The third kappa shape index (κ3) is 4.50. The molecule has 1 aliphatic rings. The highest BCUT2D eigenvalue weighted by Gasteiger charge is 2.24. The van der Waals surface area contributed by atoms with Gasteiger partial charge < -0.3 is 9.42 Å². The lowest BCUT2D eigenvalue weighted by atomic mass is 9.91. The average molecular weight is 391 g/mol. The molecule has 1 aliphatic heterocycles. The van der Waals surface area contributed by atoms with Gasteiger partial charge in [-0.15, -0.1) is 0 Å². The topological polar surface area (TPSA) is 85.0 Å². The lowest BCUT2D eigenvalue weighted by Gasteiger charge is -2.32. The highest BCUT2D eigenvalue weighted by molar-refractivity contribution is 5.78. The number of nitrogens with zero attached hydrogens (tertiary/aromatic N) is 5. The van der Waals surface area contributed by atoms with Crippen LogP contribution in [0, 0.1) is 19.8 Å². The number of carbonyl (C=O) groups is 1. The van der Waals surface area contributed by atoms with E-state index in [0.29, 0.717) is 12.3 Å². The number of amides is 1. The predicted molar refractivity (Wildman–Crippen MR) is 108 cm³/mol. The van der Waals surface area contributed by atoms with E-state index in [9.17, 15) is 4.79 Å². The normalized spacial score (nSPS) is 14.9. The molecule has 1 saturated heterocycles. The summed E-state index contributed by atoms with van der Waals surface area (Å²) < 4.78 is 5.26. The molecule has 0 unspecified atom stereocenters. The number of likely N-dealkylation sites (tertiary alicyclic amines) is 1. The smallest absolute Gasteiger partial charge is 0.227 e. The highest BCUT2D eigenvalue weighted by atomic mass is 16.5. The molecule has 0 aromatic carbocycles. The minimum atomic E-state index is 0.180. The van der Waals surface area contributed by atoms with E-state index in [2.05, 4.69) is 20.1 Å². The van der Waals surface area contributed by atoms with Gasteiger partial charge in [-0.3, -0.25) is 9.78 Å². The zero-order chi connectivity index (χ0) is 20.2. The maximum Gasteiger partial charge on any atom is 0.227 e. The van der Waals surface area contributed by atoms with Gasteiger partial charge in [-0.1, -0.05) is 11.2 Å². The van der Waals surface area contributed by atoms with Gasteiger partial charge in [-0.05, 0) is 56.7 Å². The SMILES string of the molecule is Cc1noc(C)c1-c1cc(CC2CCN(C(=O)Cc3cccnc3)CC2)ncn1. The largest absolute Gasteiger partial charge is 0.361 e. The predicted octanol–water partition coefficient (Wildman–Crippen LogP) is 3.17. The molecule has 0 spiro atoms. The van der Waals surface area contributed by atoms with Crippen LogP contribution in [0.4, 0.5) is 0 Å². The molecule has 7 nitrogen and oxygen atoms in total. The van der Waals surface area contributed by atoms with Gasteiger partial charge in [0.15, 0.2) is 0 Å². The first-order valence-corrected chi connectivity index (χ1v) is 10.0. The van der Waals surface area contributed by atoms with Crippen molar-refractivity contribution in [2.45, 2.75) is 39.5 Å². The van der Waals surface area contributed by atoms with Crippen molar-refractivity contribution >= 4 is 5.91 Å². The first-order valence-electron chi connectivity index (χ1n) is 10.0. The molecular weight excluding hydrogens is 366 g/mol. The molecule has 0 saturated carbocycles. The van der Waals surface area contributed by atoms with Crippen LogP contribution >= 0.6 is 0 Å². The molecular formula is C22H25N5O2. The van der Waals surface area contributed by atoms with Crippen molar-refractivity contribution in [2.24, 2.45) is 5.92 Å². The minimum Gasteiger partial charge on any atom is -0.361 e. The lowest BCUT2D eigenvalue weighted by molar-refractivity contribution is -0.131. The quantitative estimate of drug-likeness (QED) is 0.664. The first-order chi connectivity index (χ1) is 14.1. The van der Waals surface area contributed by atoms with Gasteiger partial charge >= 0.3 is 0 Å². The van der Waals surface area contributed by atoms with Crippen LogP contribution in [0.3, 0.4) is 0 Å². The molecule has 4 heterocycles. The van der Waals surface area contributed by atoms with E-state index in [-0.39, 0.29) is 5.91 Å². The van der Waals surface area contributed by atoms with Gasteiger partial charge in [0.05, 0.1) is 23.4 Å². The van der Waals surface area contributed by atoms with Crippen LogP contribution in [0.5, 0.6) is 0 Å². The molecule has 0 N–H and O–H groups in total. The van der Waals surface area contributed by atoms with Crippen molar-refractivity contribution in [1.82, 2.24) is 25.0 Å². The molecule has 3 aromatic heterocycles. The zero-order valence-electron chi connectivity index (χ0n) is 16.8. The second-order valence-electron chi connectivity index (χ2n) is 7.66. The van der Waals surface area contributed by atoms with Crippen LogP contribution < -0.4 is 0 Å². The summed E-state index contributed by atoms with van der Waals surface area (Å²) >= 11 is 0. The fourth-order valence-electron chi connectivity index (χ4n) is 3.97. The Kier molecular flexibility index (Phi) is 5.64. The average Bonchev–Trinajstić information content (AvgIpc) is 3.07. The molecule has 1 amide bonds. The third-order valence-corrected chi connectivity index (χ3v) is 5.56. The number of hydrogen-bond acceptors (Lipinski definition) is 6. The summed E-state index contributed by atoms with van der Waals surface area (Å²) in [6.45, 7) is 5.42. The van der Waals surface area contributed by atoms with E-state index >= 15 is 0 Å². The van der Waals surface area contributed by atoms with Crippen LogP contribution in [0.1, 0.15) is 35.6 Å². The van der Waals surface area contributed by atoms with E-state index in [1.54, 1.807) is 18.7 Å². The molecule has 1 fully saturated rings. The standard InChI is InChI=1S/C22H25N5O2/c1-15-22(16(2)29-26-15)20-12-19(24-14-25-20)10-17-5-8-27(9-6-17)21(28)11-18-4-3-7-23-13-18/h3-4,7,12-14,17H,5-6,8-11H2,1-2H3. The second-order valence-corrected chi connectivity index (χ2v) is 7.66. The Morgan fingerprint density at radius 1 is 1.24 bits per heavy atom. The van der Waals surface area contributed by atoms with E-state index < -0.39 is 0 Å². The number of hydrogen-bond donors (Lipinski definition) is 0. The van der Waals surface area contributed by atoms with Crippen molar-refractivity contribution in [3.8, 4) is 11.3 Å². The fourth-order valence-corrected chi connectivity index (χ4v) is 3.97. The van der Waals surface area contributed by atoms with E-state index in [1.807, 2.05) is 36.9 Å². The Hall–Kier alpha value is -3.09. The maximum absolute atomic E-state index is 12.5. The van der Waals surface area contributed by atoms with Gasteiger partial charge in [0.2, 0.25) is 5.91 Å². The summed E-state index contributed by atoms with van der Waals surface area (Å²) in [5.74, 6) is 1.47. The van der Waals surface area contributed by atoms with Gasteiger partial charge in [-0.2, -0.15) is 0 Å². The number of aromatic nitrogens is 4. The summed E-state index contributed by atoms with van der Waals surface area (Å²) in [5, 5.41) is 4.02. The molecule has 150 valence electrons. The summed E-state index contributed by atoms with van der Waals surface area (Å²) in [7, 11) is 0. The molecule has 0 radical (unpaired) electrons. The highest BCUT2D eigenvalue weighted by Crippen LogP contribution is 2.27. The minimum absolute atomic E-state index is 0.180. The van der Waals surface area contributed by atoms with E-state index in [0.717, 1.165) is 66.3 Å². The molecule has 0 aliphatic carbocycles. The molecule has 0 atom stereocenters. The molecule has 0 bridgehead atoms. The molecule has 29 heavy (non-hydrogen) atoms. The molecule has 4 rings (SSSR count). The van der Waals surface area contributed by atoms with Gasteiger partial charge in [0, 0.05) is 31.2 Å². The van der Waals surface area contributed by atoms with Crippen LogP contribution in [0.2, 0.25) is 0 Å². The fraction of sp³-hybridized carbons (Fsp3) is 0.409. The second kappa shape index (κ2) is 8.51. The Morgan fingerprint density at radius 3 is 2.76 bits per heavy atom. The van der Waals surface area contributed by atoms with Crippen LogP contribution in [0.25, 0.3) is 11.3 Å². The Balaban J connectivity index is 1.34. The number of piperidine rings is 1. The zero-order valence-corrected chi connectivity index (χ0v) is 16.8. The van der Waals surface area contributed by atoms with Crippen molar-refractivity contribution in [1.29, 1.82) is 0 Å². The summed E-state index contributed by atoms with van der Waals surface area (Å²) in [6, 6.07) is 5.85. The Morgan fingerprint density at radius 2 is 2.07 bits per heavy atom. The van der Waals surface area contributed by atoms with Gasteiger partial charge in [0.1, 0.15) is 12.1 Å². The summed E-state index contributed by atoms with van der Waals surface area (Å²) in [6.07, 6.45) is 8.39. The Labute approximate surface area is 170 Å². The van der Waals surface area contributed by atoms with Crippen LogP contribution in [-0.2, 0) is 17.6 Å². The van der Waals surface area contributed by atoms with Crippen molar-refractivity contribution in [2.75, 3.05) is 13.1 Å². The summed E-state index contributed by atoms with van der Waals surface area (Å²) in [5.41, 5.74) is 4.63.